The number of hydrogen-bond acceptors (Lipinski definition) is 5. The summed E-state index contributed by atoms with van der Waals surface area (Å²) in [5.41, 5.74) is 1.83. The lowest BCUT2D eigenvalue weighted by molar-refractivity contribution is -0.124. The smallest absolute Gasteiger partial charge is 0.258 e. The zero-order chi connectivity index (χ0) is 19.5. The van der Waals surface area contributed by atoms with Crippen molar-refractivity contribution in [1.82, 2.24) is 5.32 Å². The van der Waals surface area contributed by atoms with Crippen LogP contribution in [0.3, 0.4) is 0 Å². The van der Waals surface area contributed by atoms with E-state index in [0.717, 1.165) is 11.1 Å². The van der Waals surface area contributed by atoms with Crippen LogP contribution in [-0.2, 0) is 14.6 Å². The van der Waals surface area contributed by atoms with Gasteiger partial charge >= 0.3 is 0 Å². The molecular formula is C20H20N2O4S. The Bertz CT molecular complexity index is 976. The zero-order valence-corrected chi connectivity index (χ0v) is 15.8. The van der Waals surface area contributed by atoms with E-state index in [1.807, 2.05) is 24.3 Å². The van der Waals surface area contributed by atoms with Crippen LogP contribution in [0.1, 0.15) is 18.9 Å². The van der Waals surface area contributed by atoms with Gasteiger partial charge in [-0.25, -0.2) is 8.42 Å². The lowest BCUT2D eigenvalue weighted by Gasteiger charge is -2.23. The van der Waals surface area contributed by atoms with E-state index in [-0.39, 0.29) is 24.0 Å². The van der Waals surface area contributed by atoms with Gasteiger partial charge in [0.15, 0.2) is 16.4 Å². The number of ether oxygens (including phenoxy) is 1. The highest BCUT2D eigenvalue weighted by Gasteiger charge is 2.39. The third-order valence-electron chi connectivity index (χ3n) is 4.52. The maximum Gasteiger partial charge on any atom is 0.258 e. The molecule has 0 aliphatic carbocycles. The second kappa shape index (κ2) is 7.41. The molecule has 140 valence electrons. The average molecular weight is 384 g/mol. The Morgan fingerprint density at radius 3 is 2.26 bits per heavy atom. The van der Waals surface area contributed by atoms with Crippen LogP contribution in [0.5, 0.6) is 5.75 Å². The molecule has 27 heavy (non-hydrogen) atoms. The Hall–Kier alpha value is -2.85. The van der Waals surface area contributed by atoms with Gasteiger partial charge in [0.2, 0.25) is 0 Å². The number of amides is 1. The number of rotatable bonds is 5. The summed E-state index contributed by atoms with van der Waals surface area (Å²) >= 11 is 0. The van der Waals surface area contributed by atoms with Gasteiger partial charge in [-0.15, -0.1) is 0 Å². The Morgan fingerprint density at radius 2 is 1.74 bits per heavy atom. The molecule has 3 rings (SSSR count). The fourth-order valence-electron chi connectivity index (χ4n) is 3.11. The standard InChI is InChI=1S/C20H20N2O4S/c1-20(10-11-27(24,25)14-20)22-19(23)13-26-18-8-6-17(7-9-18)16-4-2-15(12-21)3-5-16/h2-9H,10-11,13-14H2,1H3,(H,22,23)/t20-/m0/s1. The van der Waals surface area contributed by atoms with Gasteiger partial charge in [-0.3, -0.25) is 4.79 Å². The van der Waals surface area contributed by atoms with Crippen LogP contribution in [0.4, 0.5) is 0 Å². The topological polar surface area (TPSA) is 96.3 Å². The maximum atomic E-state index is 12.1. The SMILES string of the molecule is C[C@]1(NC(=O)COc2ccc(-c3ccc(C#N)cc3)cc2)CCS(=O)(=O)C1. The molecule has 0 radical (unpaired) electrons. The Kier molecular flexibility index (Phi) is 5.19. The summed E-state index contributed by atoms with van der Waals surface area (Å²) in [5, 5.41) is 11.6. The lowest BCUT2D eigenvalue weighted by Crippen LogP contribution is -2.48. The third kappa shape index (κ3) is 4.86. The number of nitrogens with one attached hydrogen (secondary N) is 1. The molecule has 7 heteroatoms. The largest absolute Gasteiger partial charge is 0.484 e. The first-order valence-electron chi connectivity index (χ1n) is 8.53. The van der Waals surface area contributed by atoms with Gasteiger partial charge in [0.1, 0.15) is 5.75 Å². The first kappa shape index (κ1) is 18.9. The molecule has 1 aliphatic rings. The van der Waals surface area contributed by atoms with Crippen molar-refractivity contribution < 1.29 is 17.9 Å². The molecule has 1 heterocycles. The minimum Gasteiger partial charge on any atom is -0.484 e. The summed E-state index contributed by atoms with van der Waals surface area (Å²) in [6, 6.07) is 16.6. The van der Waals surface area contributed by atoms with Crippen molar-refractivity contribution in [1.29, 1.82) is 5.26 Å². The number of benzene rings is 2. The van der Waals surface area contributed by atoms with E-state index in [1.165, 1.54) is 0 Å². The molecule has 6 nitrogen and oxygen atoms in total. The molecule has 0 aromatic heterocycles. The number of carbonyl (C=O) groups excluding carboxylic acids is 1. The van der Waals surface area contributed by atoms with Crippen LogP contribution >= 0.6 is 0 Å². The van der Waals surface area contributed by atoms with E-state index in [2.05, 4.69) is 11.4 Å². The molecule has 1 fully saturated rings. The molecule has 0 saturated carbocycles. The highest BCUT2D eigenvalue weighted by molar-refractivity contribution is 7.91. The average Bonchev–Trinajstić information content (AvgIpc) is 2.93. The predicted molar refractivity (Wildman–Crippen MR) is 102 cm³/mol. The highest BCUT2D eigenvalue weighted by atomic mass is 32.2. The van der Waals surface area contributed by atoms with Crippen LogP contribution in [-0.4, -0.2) is 38.0 Å². The summed E-state index contributed by atoms with van der Waals surface area (Å²) in [5.74, 6) is 0.268. The molecule has 1 aliphatic heterocycles. The summed E-state index contributed by atoms with van der Waals surface area (Å²) in [6.07, 6.45) is 0.417. The molecule has 0 spiro atoms. The van der Waals surface area contributed by atoms with E-state index in [9.17, 15) is 13.2 Å². The van der Waals surface area contributed by atoms with E-state index in [4.69, 9.17) is 10.00 Å². The number of carbonyl (C=O) groups is 1. The van der Waals surface area contributed by atoms with Gasteiger partial charge in [0, 0.05) is 0 Å². The number of sulfone groups is 1. The minimum absolute atomic E-state index is 0.0367. The van der Waals surface area contributed by atoms with E-state index in [1.54, 1.807) is 31.2 Å². The predicted octanol–water partition coefficient (Wildman–Crippen LogP) is 2.30. The monoisotopic (exact) mass is 384 g/mol. The van der Waals surface area contributed by atoms with E-state index in [0.29, 0.717) is 17.7 Å². The quantitative estimate of drug-likeness (QED) is 0.853. The van der Waals surface area contributed by atoms with Crippen LogP contribution in [0.25, 0.3) is 11.1 Å². The van der Waals surface area contributed by atoms with Crippen molar-refractivity contribution >= 4 is 15.7 Å². The molecular weight excluding hydrogens is 364 g/mol. The molecule has 2 aromatic carbocycles. The van der Waals surface area contributed by atoms with Crippen LogP contribution in [0.15, 0.2) is 48.5 Å². The van der Waals surface area contributed by atoms with Crippen molar-refractivity contribution in [3.8, 4) is 22.9 Å². The second-order valence-corrected chi connectivity index (χ2v) is 9.14. The Labute approximate surface area is 158 Å². The third-order valence-corrected chi connectivity index (χ3v) is 6.42. The number of nitriles is 1. The Morgan fingerprint density at radius 1 is 1.15 bits per heavy atom. The molecule has 0 unspecified atom stereocenters. The van der Waals surface area contributed by atoms with Gasteiger partial charge in [-0.05, 0) is 48.7 Å². The van der Waals surface area contributed by atoms with Crippen LogP contribution in [0, 0.1) is 11.3 Å². The van der Waals surface area contributed by atoms with E-state index >= 15 is 0 Å². The van der Waals surface area contributed by atoms with Gasteiger partial charge in [-0.1, -0.05) is 24.3 Å². The molecule has 1 atom stereocenters. The lowest BCUT2D eigenvalue weighted by atomic mass is 10.0. The Balaban J connectivity index is 1.55. The van der Waals surface area contributed by atoms with Crippen molar-refractivity contribution in [3.05, 3.63) is 54.1 Å². The minimum atomic E-state index is -3.08. The van der Waals surface area contributed by atoms with Crippen LogP contribution < -0.4 is 10.1 Å². The fraction of sp³-hybridized carbons (Fsp3) is 0.300. The highest BCUT2D eigenvalue weighted by Crippen LogP contribution is 2.24. The maximum absolute atomic E-state index is 12.1. The summed E-state index contributed by atoms with van der Waals surface area (Å²) < 4.78 is 28.7. The van der Waals surface area contributed by atoms with E-state index < -0.39 is 15.4 Å². The van der Waals surface area contributed by atoms with Crippen LogP contribution in [0.2, 0.25) is 0 Å². The van der Waals surface area contributed by atoms with Gasteiger partial charge in [0.05, 0.1) is 28.7 Å². The second-order valence-electron chi connectivity index (χ2n) is 6.95. The normalized spacial score (nSPS) is 20.6. The number of nitrogens with zero attached hydrogens (tertiary/aromatic N) is 1. The summed E-state index contributed by atoms with van der Waals surface area (Å²) in [7, 11) is -3.08. The summed E-state index contributed by atoms with van der Waals surface area (Å²) in [6.45, 7) is 1.56. The van der Waals surface area contributed by atoms with Gasteiger partial charge in [0.25, 0.3) is 5.91 Å². The summed E-state index contributed by atoms with van der Waals surface area (Å²) in [4.78, 5) is 12.1. The molecule has 2 aromatic rings. The number of hydrogen-bond donors (Lipinski definition) is 1. The molecule has 1 amide bonds. The fourth-order valence-corrected chi connectivity index (χ4v) is 5.20. The first-order chi connectivity index (χ1) is 12.8. The zero-order valence-electron chi connectivity index (χ0n) is 14.9. The van der Waals surface area contributed by atoms with Crippen molar-refractivity contribution in [2.45, 2.75) is 18.9 Å². The molecule has 1 saturated heterocycles. The van der Waals surface area contributed by atoms with Gasteiger partial charge < -0.3 is 10.1 Å². The van der Waals surface area contributed by atoms with Gasteiger partial charge in [-0.2, -0.15) is 5.26 Å². The first-order valence-corrected chi connectivity index (χ1v) is 10.4. The van der Waals surface area contributed by atoms with Crippen molar-refractivity contribution in [2.75, 3.05) is 18.1 Å². The van der Waals surface area contributed by atoms with Crippen molar-refractivity contribution in [2.24, 2.45) is 0 Å². The molecule has 0 bridgehead atoms. The van der Waals surface area contributed by atoms with Crippen molar-refractivity contribution in [3.63, 3.8) is 0 Å². The molecule has 1 N–H and O–H groups in total.